The van der Waals surface area contributed by atoms with Gasteiger partial charge in [0.1, 0.15) is 6.33 Å². The second-order valence-corrected chi connectivity index (χ2v) is 8.86. The number of aromatic amines is 1. The largest absolute Gasteiger partial charge is 0.393 e. The van der Waals surface area contributed by atoms with E-state index in [9.17, 15) is 18.0 Å². The summed E-state index contributed by atoms with van der Waals surface area (Å²) in [6.07, 6.45) is 5.07. The van der Waals surface area contributed by atoms with E-state index in [1.807, 2.05) is 0 Å². The van der Waals surface area contributed by atoms with Crippen LogP contribution in [0.15, 0.2) is 31.0 Å². The zero-order valence-electron chi connectivity index (χ0n) is 17.4. The summed E-state index contributed by atoms with van der Waals surface area (Å²) >= 11 is 0. The second-order valence-electron chi connectivity index (χ2n) is 8.86. The molecule has 3 aromatic heterocycles. The Morgan fingerprint density at radius 1 is 1.23 bits per heavy atom. The van der Waals surface area contributed by atoms with Crippen LogP contribution in [0.3, 0.4) is 0 Å². The number of imidazole rings is 1. The maximum absolute atomic E-state index is 13.2. The zero-order valence-corrected chi connectivity index (χ0v) is 17.4. The third-order valence-electron chi connectivity index (χ3n) is 6.09. The van der Waals surface area contributed by atoms with Crippen molar-refractivity contribution in [3.05, 3.63) is 36.7 Å². The Kier molecular flexibility index (Phi) is 5.49. The molecule has 2 N–H and O–H groups in total. The maximum Gasteiger partial charge on any atom is 0.393 e. The van der Waals surface area contributed by atoms with Gasteiger partial charge in [0.2, 0.25) is 5.95 Å². The fourth-order valence-electron chi connectivity index (χ4n) is 4.19. The monoisotopic (exact) mass is 434 g/mol. The summed E-state index contributed by atoms with van der Waals surface area (Å²) in [5, 5.41) is 3.01. The smallest absolute Gasteiger partial charge is 0.358 e. The van der Waals surface area contributed by atoms with Crippen molar-refractivity contribution < 1.29 is 18.0 Å². The molecule has 0 aliphatic heterocycles. The van der Waals surface area contributed by atoms with Crippen LogP contribution in [0.4, 0.5) is 13.2 Å². The highest BCUT2D eigenvalue weighted by Crippen LogP contribution is 2.45. The molecule has 1 amide bonds. The van der Waals surface area contributed by atoms with Gasteiger partial charge in [-0.2, -0.15) is 13.2 Å². The average Bonchev–Trinajstić information content (AvgIpc) is 3.39. The first-order chi connectivity index (χ1) is 14.6. The van der Waals surface area contributed by atoms with Gasteiger partial charge in [-0.1, -0.05) is 13.8 Å². The highest BCUT2D eigenvalue weighted by Gasteiger charge is 2.48. The van der Waals surface area contributed by atoms with Crippen LogP contribution in [-0.2, 0) is 0 Å². The number of halogens is 3. The number of aromatic nitrogens is 5. The predicted molar refractivity (Wildman–Crippen MR) is 109 cm³/mol. The van der Waals surface area contributed by atoms with Gasteiger partial charge in [-0.3, -0.25) is 9.36 Å². The van der Waals surface area contributed by atoms with Crippen molar-refractivity contribution in [3.63, 3.8) is 0 Å². The summed E-state index contributed by atoms with van der Waals surface area (Å²) in [6, 6.07) is 1.68. The van der Waals surface area contributed by atoms with Crippen molar-refractivity contribution in [2.45, 2.75) is 58.2 Å². The highest BCUT2D eigenvalue weighted by molar-refractivity contribution is 6.03. The molecule has 1 aliphatic carbocycles. The number of amides is 1. The van der Waals surface area contributed by atoms with E-state index in [1.54, 1.807) is 35.6 Å². The molecule has 1 aliphatic rings. The van der Waals surface area contributed by atoms with Crippen molar-refractivity contribution in [1.29, 1.82) is 0 Å². The van der Waals surface area contributed by atoms with Gasteiger partial charge in [-0.15, -0.1) is 0 Å². The third kappa shape index (κ3) is 4.42. The molecule has 0 spiro atoms. The summed E-state index contributed by atoms with van der Waals surface area (Å²) in [4.78, 5) is 28.8. The fraction of sp³-hybridized carbons (Fsp3) is 0.524. The number of nitrogens with zero attached hydrogens (tertiary/aromatic N) is 4. The number of H-pyrrole nitrogens is 1. The zero-order chi connectivity index (χ0) is 22.2. The van der Waals surface area contributed by atoms with Gasteiger partial charge in [-0.05, 0) is 44.1 Å². The van der Waals surface area contributed by atoms with E-state index in [-0.39, 0.29) is 30.0 Å². The Bertz CT molecular complexity index is 1050. The van der Waals surface area contributed by atoms with Crippen LogP contribution in [0.2, 0.25) is 0 Å². The molecule has 10 heteroatoms. The Hall–Kier alpha value is -2.91. The van der Waals surface area contributed by atoms with E-state index >= 15 is 0 Å². The quantitative estimate of drug-likeness (QED) is 0.623. The SMILES string of the molecule is CC(C)(CC1CCC(NC(=O)c2nc(-n3ccnc3)nc3cc[nH]c23)CC1)C(F)(F)F. The first-order valence-corrected chi connectivity index (χ1v) is 10.3. The van der Waals surface area contributed by atoms with E-state index in [1.165, 1.54) is 13.8 Å². The molecule has 1 fully saturated rings. The van der Waals surface area contributed by atoms with E-state index < -0.39 is 11.6 Å². The molecule has 0 atom stereocenters. The lowest BCUT2D eigenvalue weighted by Crippen LogP contribution is -2.40. The lowest BCUT2D eigenvalue weighted by Gasteiger charge is -2.35. The normalized spacial score (nSPS) is 20.2. The summed E-state index contributed by atoms with van der Waals surface area (Å²) in [5.74, 6) is 0.0231. The number of carbonyl (C=O) groups is 1. The molecule has 7 nitrogen and oxygen atoms in total. The number of carbonyl (C=O) groups excluding carboxylic acids is 1. The van der Waals surface area contributed by atoms with Crippen molar-refractivity contribution in [1.82, 2.24) is 29.8 Å². The number of fused-ring (bicyclic) bond motifs is 1. The van der Waals surface area contributed by atoms with Crippen LogP contribution in [0.5, 0.6) is 0 Å². The molecule has 166 valence electrons. The predicted octanol–water partition coefficient (Wildman–Crippen LogP) is 4.41. The van der Waals surface area contributed by atoms with E-state index in [4.69, 9.17) is 0 Å². The van der Waals surface area contributed by atoms with Gasteiger partial charge in [0.05, 0.1) is 16.4 Å². The minimum Gasteiger partial charge on any atom is -0.358 e. The van der Waals surface area contributed by atoms with Crippen molar-refractivity contribution >= 4 is 16.9 Å². The molecular formula is C21H25F3N6O. The molecule has 3 aromatic rings. The van der Waals surface area contributed by atoms with Gasteiger partial charge >= 0.3 is 6.18 Å². The fourth-order valence-corrected chi connectivity index (χ4v) is 4.19. The molecule has 0 aromatic carbocycles. The molecule has 0 bridgehead atoms. The van der Waals surface area contributed by atoms with E-state index in [0.717, 1.165) is 0 Å². The molecule has 0 unspecified atom stereocenters. The lowest BCUT2D eigenvalue weighted by atomic mass is 9.75. The van der Waals surface area contributed by atoms with E-state index in [0.29, 0.717) is 42.7 Å². The average molecular weight is 434 g/mol. The third-order valence-corrected chi connectivity index (χ3v) is 6.09. The summed E-state index contributed by atoms with van der Waals surface area (Å²) in [6.45, 7) is 2.52. The Morgan fingerprint density at radius 3 is 2.61 bits per heavy atom. The van der Waals surface area contributed by atoms with Crippen LogP contribution in [-0.4, -0.2) is 42.6 Å². The maximum atomic E-state index is 13.2. The van der Waals surface area contributed by atoms with Gasteiger partial charge in [0, 0.05) is 24.6 Å². The van der Waals surface area contributed by atoms with Crippen LogP contribution >= 0.6 is 0 Å². The molecule has 31 heavy (non-hydrogen) atoms. The molecule has 0 saturated heterocycles. The van der Waals surface area contributed by atoms with Crippen molar-refractivity contribution in [2.24, 2.45) is 11.3 Å². The molecule has 0 radical (unpaired) electrons. The standard InChI is InChI=1S/C21H25F3N6O/c1-20(2,21(22,23)24)11-13-3-5-14(6-4-13)27-18(31)17-16-15(7-8-26-16)28-19(29-17)30-10-9-25-12-30/h7-10,12-14,26H,3-6,11H2,1-2H3,(H,27,31). The van der Waals surface area contributed by atoms with E-state index in [2.05, 4.69) is 25.3 Å². The van der Waals surface area contributed by atoms with Crippen LogP contribution in [0.25, 0.3) is 17.0 Å². The Balaban J connectivity index is 1.43. The first-order valence-electron chi connectivity index (χ1n) is 10.3. The number of alkyl halides is 3. The van der Waals surface area contributed by atoms with Crippen molar-refractivity contribution in [2.75, 3.05) is 0 Å². The van der Waals surface area contributed by atoms with Crippen LogP contribution < -0.4 is 5.32 Å². The Labute approximate surface area is 177 Å². The van der Waals surface area contributed by atoms with Crippen LogP contribution in [0.1, 0.15) is 56.4 Å². The Morgan fingerprint density at radius 2 is 1.97 bits per heavy atom. The number of hydrogen-bond donors (Lipinski definition) is 2. The molecule has 4 rings (SSSR count). The number of nitrogens with one attached hydrogen (secondary N) is 2. The van der Waals surface area contributed by atoms with Gasteiger partial charge in [-0.25, -0.2) is 15.0 Å². The number of hydrogen-bond acceptors (Lipinski definition) is 4. The summed E-state index contributed by atoms with van der Waals surface area (Å²) in [5.41, 5.74) is -0.305. The lowest BCUT2D eigenvalue weighted by molar-refractivity contribution is -0.217. The molecular weight excluding hydrogens is 409 g/mol. The number of rotatable bonds is 5. The summed E-state index contributed by atoms with van der Waals surface area (Å²) in [7, 11) is 0. The second kappa shape index (κ2) is 7.97. The minimum absolute atomic E-state index is 0.00628. The molecule has 1 saturated carbocycles. The van der Waals surface area contributed by atoms with Gasteiger partial charge in [0.25, 0.3) is 5.91 Å². The van der Waals surface area contributed by atoms with Gasteiger partial charge in [0.15, 0.2) is 5.69 Å². The van der Waals surface area contributed by atoms with Gasteiger partial charge < -0.3 is 10.3 Å². The topological polar surface area (TPSA) is 88.5 Å². The van der Waals surface area contributed by atoms with Crippen LogP contribution in [0, 0.1) is 11.3 Å². The van der Waals surface area contributed by atoms with Crippen molar-refractivity contribution in [3.8, 4) is 5.95 Å². The highest BCUT2D eigenvalue weighted by atomic mass is 19.4. The summed E-state index contributed by atoms with van der Waals surface area (Å²) < 4.78 is 41.2. The minimum atomic E-state index is -4.21. The molecule has 3 heterocycles. The first kappa shape index (κ1) is 21.3.